The Morgan fingerprint density at radius 3 is 2.46 bits per heavy atom. The zero-order valence-corrected chi connectivity index (χ0v) is 17.4. The Morgan fingerprint density at radius 1 is 1.12 bits per heavy atom. The summed E-state index contributed by atoms with van der Waals surface area (Å²) in [5, 5.41) is 6.97. The fourth-order valence-electron chi connectivity index (χ4n) is 1.74. The maximum Gasteiger partial charge on any atom is 0.259 e. The molecule has 0 fully saturated rings. The van der Waals surface area contributed by atoms with Crippen LogP contribution in [0.5, 0.6) is 5.75 Å². The summed E-state index contributed by atoms with van der Waals surface area (Å²) in [4.78, 5) is 11.8. The highest BCUT2D eigenvalue weighted by atomic mass is 79.9. The standard InChI is InChI=1S/C16H14Br3N3O2/c1-24-11-4-2-10(3-5-11)8-21-22-16(23)9-20-15-7-13(18)12(17)6-14(15)19/h2-8,20H,9H2,1H3,(H,22,23)/b21-8-. The Hall–Kier alpha value is -1.38. The quantitative estimate of drug-likeness (QED) is 0.334. The third-order valence-electron chi connectivity index (χ3n) is 2.97. The lowest BCUT2D eigenvalue weighted by Crippen LogP contribution is -2.26. The molecule has 0 spiro atoms. The predicted octanol–water partition coefficient (Wildman–Crippen LogP) is 4.54. The van der Waals surface area contributed by atoms with Gasteiger partial charge in [0, 0.05) is 13.4 Å². The molecule has 0 saturated carbocycles. The number of rotatable bonds is 6. The minimum absolute atomic E-state index is 0.104. The van der Waals surface area contributed by atoms with Crippen LogP contribution < -0.4 is 15.5 Å². The number of anilines is 1. The molecule has 0 atom stereocenters. The van der Waals surface area contributed by atoms with E-state index in [1.54, 1.807) is 13.3 Å². The van der Waals surface area contributed by atoms with E-state index < -0.39 is 0 Å². The molecule has 2 aromatic carbocycles. The summed E-state index contributed by atoms with van der Waals surface area (Å²) in [5.41, 5.74) is 4.15. The summed E-state index contributed by atoms with van der Waals surface area (Å²) in [5.74, 6) is 0.525. The average Bonchev–Trinajstić information content (AvgIpc) is 2.57. The lowest BCUT2D eigenvalue weighted by atomic mass is 10.2. The second-order valence-corrected chi connectivity index (χ2v) is 7.23. The van der Waals surface area contributed by atoms with Crippen LogP contribution in [0.4, 0.5) is 5.69 Å². The van der Waals surface area contributed by atoms with E-state index in [9.17, 15) is 4.79 Å². The van der Waals surface area contributed by atoms with Gasteiger partial charge < -0.3 is 10.1 Å². The van der Waals surface area contributed by atoms with Gasteiger partial charge in [0.25, 0.3) is 5.91 Å². The van der Waals surface area contributed by atoms with Crippen LogP contribution in [0, 0.1) is 0 Å². The molecule has 0 bridgehead atoms. The Balaban J connectivity index is 1.85. The first kappa shape index (κ1) is 19.0. The van der Waals surface area contributed by atoms with Crippen LogP contribution in [-0.4, -0.2) is 25.8 Å². The number of amides is 1. The fraction of sp³-hybridized carbons (Fsp3) is 0.125. The van der Waals surface area contributed by atoms with Gasteiger partial charge >= 0.3 is 0 Å². The van der Waals surface area contributed by atoms with Gasteiger partial charge in [-0.15, -0.1) is 0 Å². The van der Waals surface area contributed by atoms with Crippen molar-refractivity contribution in [3.8, 4) is 5.75 Å². The van der Waals surface area contributed by atoms with Crippen LogP contribution in [-0.2, 0) is 4.79 Å². The van der Waals surface area contributed by atoms with Crippen molar-refractivity contribution in [2.45, 2.75) is 0 Å². The Morgan fingerprint density at radius 2 is 1.79 bits per heavy atom. The molecule has 0 aromatic heterocycles. The number of hydrogen-bond donors (Lipinski definition) is 2. The van der Waals surface area contributed by atoms with Crippen molar-refractivity contribution in [3.05, 3.63) is 55.4 Å². The van der Waals surface area contributed by atoms with E-state index in [0.717, 1.165) is 30.4 Å². The van der Waals surface area contributed by atoms with Crippen molar-refractivity contribution < 1.29 is 9.53 Å². The highest BCUT2D eigenvalue weighted by Gasteiger charge is 2.06. The first-order valence-corrected chi connectivity index (χ1v) is 9.22. The molecule has 2 rings (SSSR count). The van der Waals surface area contributed by atoms with Crippen LogP contribution in [0.15, 0.2) is 54.9 Å². The summed E-state index contributed by atoms with van der Waals surface area (Å²) in [6.07, 6.45) is 1.57. The second-order valence-electron chi connectivity index (χ2n) is 4.67. The van der Waals surface area contributed by atoms with Crippen LogP contribution in [0.25, 0.3) is 0 Å². The number of carbonyl (C=O) groups excluding carboxylic acids is 1. The predicted molar refractivity (Wildman–Crippen MR) is 107 cm³/mol. The molecule has 2 aromatic rings. The molecule has 126 valence electrons. The number of nitrogens with one attached hydrogen (secondary N) is 2. The lowest BCUT2D eigenvalue weighted by Gasteiger charge is -2.09. The number of carbonyl (C=O) groups is 1. The molecule has 0 heterocycles. The van der Waals surface area contributed by atoms with E-state index in [2.05, 4.69) is 63.6 Å². The van der Waals surface area contributed by atoms with Gasteiger partial charge in [-0.2, -0.15) is 5.10 Å². The van der Waals surface area contributed by atoms with Crippen molar-refractivity contribution in [1.29, 1.82) is 0 Å². The van der Waals surface area contributed by atoms with Crippen molar-refractivity contribution in [2.75, 3.05) is 19.0 Å². The van der Waals surface area contributed by atoms with E-state index in [1.165, 1.54) is 0 Å². The Bertz CT molecular complexity index is 749. The number of methoxy groups -OCH3 is 1. The summed E-state index contributed by atoms with van der Waals surface area (Å²) in [7, 11) is 1.61. The number of hydrazone groups is 1. The van der Waals surface area contributed by atoms with E-state index >= 15 is 0 Å². The molecule has 5 nitrogen and oxygen atoms in total. The number of nitrogens with zero attached hydrogens (tertiary/aromatic N) is 1. The van der Waals surface area contributed by atoms with Crippen molar-refractivity contribution >= 4 is 65.6 Å². The summed E-state index contributed by atoms with van der Waals surface area (Å²) < 4.78 is 7.75. The van der Waals surface area contributed by atoms with E-state index in [1.807, 2.05) is 36.4 Å². The number of halogens is 3. The largest absolute Gasteiger partial charge is 0.497 e. The van der Waals surface area contributed by atoms with E-state index in [-0.39, 0.29) is 12.5 Å². The smallest absolute Gasteiger partial charge is 0.259 e. The van der Waals surface area contributed by atoms with Gasteiger partial charge in [0.05, 0.1) is 25.6 Å². The van der Waals surface area contributed by atoms with Crippen molar-refractivity contribution in [2.24, 2.45) is 5.10 Å². The molecule has 0 aliphatic carbocycles. The van der Waals surface area contributed by atoms with Crippen molar-refractivity contribution in [3.63, 3.8) is 0 Å². The second kappa shape index (κ2) is 9.19. The summed E-state index contributed by atoms with van der Waals surface area (Å²) >= 11 is 10.3. The molecule has 0 aliphatic rings. The highest BCUT2D eigenvalue weighted by molar-refractivity contribution is 9.13. The SMILES string of the molecule is COc1ccc(/C=N\NC(=O)CNc2cc(Br)c(Br)cc2Br)cc1. The maximum absolute atomic E-state index is 11.8. The molecule has 24 heavy (non-hydrogen) atoms. The Kier molecular flexibility index (Phi) is 7.26. The van der Waals surface area contributed by atoms with Crippen LogP contribution in [0.3, 0.4) is 0 Å². The molecular formula is C16H14Br3N3O2. The maximum atomic E-state index is 11.8. The third-order valence-corrected chi connectivity index (χ3v) is 5.47. The van der Waals surface area contributed by atoms with E-state index in [4.69, 9.17) is 4.74 Å². The van der Waals surface area contributed by atoms with Crippen LogP contribution in [0.1, 0.15) is 5.56 Å². The number of ether oxygens (including phenoxy) is 1. The van der Waals surface area contributed by atoms with Crippen molar-refractivity contribution in [1.82, 2.24) is 5.43 Å². The summed E-state index contributed by atoms with van der Waals surface area (Å²) in [6, 6.07) is 11.1. The monoisotopic (exact) mass is 517 g/mol. The molecule has 0 aliphatic heterocycles. The van der Waals surface area contributed by atoms with Gasteiger partial charge in [-0.25, -0.2) is 5.43 Å². The average molecular weight is 520 g/mol. The normalized spacial score (nSPS) is 10.7. The molecule has 1 amide bonds. The number of benzene rings is 2. The van der Waals surface area contributed by atoms with Gasteiger partial charge in [-0.3, -0.25) is 4.79 Å². The minimum atomic E-state index is -0.245. The lowest BCUT2D eigenvalue weighted by molar-refractivity contribution is -0.119. The first-order valence-electron chi connectivity index (χ1n) is 6.84. The molecular weight excluding hydrogens is 506 g/mol. The topological polar surface area (TPSA) is 62.7 Å². The number of hydrogen-bond acceptors (Lipinski definition) is 4. The molecule has 0 saturated heterocycles. The molecule has 0 unspecified atom stereocenters. The third kappa shape index (κ3) is 5.61. The highest BCUT2D eigenvalue weighted by Crippen LogP contribution is 2.32. The zero-order valence-electron chi connectivity index (χ0n) is 12.6. The van der Waals surface area contributed by atoms with Gasteiger partial charge in [-0.05, 0) is 89.8 Å². The minimum Gasteiger partial charge on any atom is -0.497 e. The molecule has 8 heteroatoms. The molecule has 2 N–H and O–H groups in total. The Labute approximate surface area is 165 Å². The molecule has 0 radical (unpaired) electrons. The van der Waals surface area contributed by atoms with E-state index in [0.29, 0.717) is 0 Å². The first-order chi connectivity index (χ1) is 11.5. The zero-order chi connectivity index (χ0) is 17.5. The van der Waals surface area contributed by atoms with Gasteiger partial charge in [0.15, 0.2) is 0 Å². The summed E-state index contributed by atoms with van der Waals surface area (Å²) in [6.45, 7) is 0.104. The van der Waals surface area contributed by atoms with Crippen LogP contribution in [0.2, 0.25) is 0 Å². The fourth-order valence-corrected chi connectivity index (χ4v) is 3.22. The van der Waals surface area contributed by atoms with Gasteiger partial charge in [-0.1, -0.05) is 0 Å². The van der Waals surface area contributed by atoms with Gasteiger partial charge in [0.1, 0.15) is 5.75 Å². The van der Waals surface area contributed by atoms with Gasteiger partial charge in [0.2, 0.25) is 0 Å². The van der Waals surface area contributed by atoms with Crippen LogP contribution >= 0.6 is 47.8 Å².